The van der Waals surface area contributed by atoms with Gasteiger partial charge in [-0.15, -0.1) is 12.4 Å². The first-order valence-electron chi connectivity index (χ1n) is 9.03. The third-order valence-electron chi connectivity index (χ3n) is 5.27. The monoisotopic (exact) mass is 383 g/mol. The lowest BCUT2D eigenvalue weighted by Gasteiger charge is -2.31. The molecule has 1 aliphatic rings. The van der Waals surface area contributed by atoms with Crippen LogP contribution >= 0.6 is 12.4 Å². The van der Waals surface area contributed by atoms with Crippen LogP contribution in [0.1, 0.15) is 58.6 Å². The molecular formula is C19H30ClN3O3. The molecule has 1 aliphatic heterocycles. The third kappa shape index (κ3) is 4.30. The van der Waals surface area contributed by atoms with Crippen LogP contribution in [0.25, 0.3) is 0 Å². The van der Waals surface area contributed by atoms with Gasteiger partial charge in [0, 0.05) is 6.54 Å². The minimum Gasteiger partial charge on any atom is -0.478 e. The van der Waals surface area contributed by atoms with Gasteiger partial charge in [-0.05, 0) is 43.9 Å². The van der Waals surface area contributed by atoms with Crippen molar-refractivity contribution in [3.63, 3.8) is 0 Å². The minimum atomic E-state index is -0.528. The number of halogens is 1. The van der Waals surface area contributed by atoms with E-state index in [2.05, 4.69) is 10.6 Å². The first-order valence-corrected chi connectivity index (χ1v) is 9.03. The Bertz CT molecular complexity index is 639. The van der Waals surface area contributed by atoms with Crippen LogP contribution in [0.5, 0.6) is 5.75 Å². The highest BCUT2D eigenvalue weighted by Crippen LogP contribution is 2.33. The summed E-state index contributed by atoms with van der Waals surface area (Å²) in [6, 6.07) is 5.40. The summed E-state index contributed by atoms with van der Waals surface area (Å²) in [6.45, 7) is 8.15. The smallest absolute Gasteiger partial charge is 0.265 e. The zero-order valence-corrected chi connectivity index (χ0v) is 16.7. The van der Waals surface area contributed by atoms with E-state index in [0.29, 0.717) is 37.2 Å². The van der Waals surface area contributed by atoms with Crippen LogP contribution in [0.4, 0.5) is 5.69 Å². The molecule has 1 aromatic rings. The average molecular weight is 384 g/mol. The molecule has 0 radical (unpaired) electrons. The fourth-order valence-electron chi connectivity index (χ4n) is 3.08. The lowest BCUT2D eigenvalue weighted by atomic mass is 9.81. The number of anilines is 1. The molecule has 26 heavy (non-hydrogen) atoms. The lowest BCUT2D eigenvalue weighted by molar-refractivity contribution is -0.131. The van der Waals surface area contributed by atoms with Gasteiger partial charge in [0.1, 0.15) is 5.75 Å². The van der Waals surface area contributed by atoms with Gasteiger partial charge in [-0.2, -0.15) is 0 Å². The van der Waals surface area contributed by atoms with Gasteiger partial charge in [-0.1, -0.05) is 26.8 Å². The predicted octanol–water partition coefficient (Wildman–Crippen LogP) is 3.16. The summed E-state index contributed by atoms with van der Waals surface area (Å²) in [5.74, 6) is 0.495. The van der Waals surface area contributed by atoms with Crippen LogP contribution in [0, 0.1) is 5.41 Å². The highest BCUT2D eigenvalue weighted by atomic mass is 35.5. The molecule has 4 N–H and O–H groups in total. The summed E-state index contributed by atoms with van der Waals surface area (Å²) in [6.07, 6.45) is 1.54. The Labute approximate surface area is 161 Å². The van der Waals surface area contributed by atoms with Gasteiger partial charge in [0.05, 0.1) is 17.1 Å². The molecule has 0 aliphatic carbocycles. The fraction of sp³-hybridized carbons (Fsp3) is 0.579. The summed E-state index contributed by atoms with van der Waals surface area (Å²) >= 11 is 0. The molecule has 2 atom stereocenters. The summed E-state index contributed by atoms with van der Waals surface area (Å²) in [4.78, 5) is 24.5. The summed E-state index contributed by atoms with van der Waals surface area (Å²) < 4.78 is 5.78. The second kappa shape index (κ2) is 9.24. The number of amides is 2. The number of fused-ring (bicyclic) bond motifs is 1. The Morgan fingerprint density at radius 3 is 2.54 bits per heavy atom. The first kappa shape index (κ1) is 22.3. The maximum atomic E-state index is 12.7. The Morgan fingerprint density at radius 2 is 2.00 bits per heavy atom. The van der Waals surface area contributed by atoms with Crippen LogP contribution < -0.4 is 21.1 Å². The van der Waals surface area contributed by atoms with Crippen LogP contribution in [0.15, 0.2) is 18.2 Å². The van der Waals surface area contributed by atoms with Crippen molar-refractivity contribution in [1.29, 1.82) is 0 Å². The van der Waals surface area contributed by atoms with Gasteiger partial charge in [0.25, 0.3) is 5.91 Å². The molecule has 0 fully saturated rings. The largest absolute Gasteiger partial charge is 0.478 e. The predicted molar refractivity (Wildman–Crippen MR) is 106 cm³/mol. The van der Waals surface area contributed by atoms with E-state index in [0.717, 1.165) is 5.56 Å². The molecule has 7 heteroatoms. The van der Waals surface area contributed by atoms with Gasteiger partial charge >= 0.3 is 0 Å². The van der Waals surface area contributed by atoms with E-state index < -0.39 is 11.5 Å². The van der Waals surface area contributed by atoms with E-state index in [1.54, 1.807) is 0 Å². The van der Waals surface area contributed by atoms with Crippen molar-refractivity contribution < 1.29 is 14.3 Å². The summed E-state index contributed by atoms with van der Waals surface area (Å²) in [5.41, 5.74) is 6.92. The normalized spacial score (nSPS) is 17.3. The first-order chi connectivity index (χ1) is 11.9. The molecular weight excluding hydrogens is 354 g/mol. The topological polar surface area (TPSA) is 93.4 Å². The van der Waals surface area contributed by atoms with Gasteiger partial charge in [-0.25, -0.2) is 0 Å². The molecule has 0 aromatic heterocycles. The molecule has 1 aromatic carbocycles. The quantitative estimate of drug-likeness (QED) is 0.674. The average Bonchev–Trinajstić information content (AvgIpc) is 2.62. The third-order valence-corrected chi connectivity index (χ3v) is 5.27. The zero-order valence-electron chi connectivity index (χ0n) is 15.9. The zero-order chi connectivity index (χ0) is 18.6. The van der Waals surface area contributed by atoms with Gasteiger partial charge in [0.2, 0.25) is 5.91 Å². The number of nitrogens with two attached hydrogens (primary N) is 1. The number of nitrogens with one attached hydrogen (secondary N) is 2. The second-order valence-electron chi connectivity index (χ2n) is 6.65. The Balaban J connectivity index is 0.00000338. The number of ether oxygens (including phenoxy) is 1. The number of benzene rings is 1. The Hall–Kier alpha value is -1.79. The van der Waals surface area contributed by atoms with E-state index in [-0.39, 0.29) is 30.3 Å². The molecule has 0 saturated carbocycles. The summed E-state index contributed by atoms with van der Waals surface area (Å²) in [5, 5.41) is 5.92. The fourth-order valence-corrected chi connectivity index (χ4v) is 3.08. The molecule has 146 valence electrons. The molecule has 0 saturated heterocycles. The van der Waals surface area contributed by atoms with Gasteiger partial charge in [-0.3, -0.25) is 9.59 Å². The van der Waals surface area contributed by atoms with E-state index in [1.807, 2.05) is 45.9 Å². The number of rotatable bonds is 7. The standard InChI is InChI=1S/C19H29N3O3.ClH/c1-5-15-17(23)22-14-9-8-13(10-16(14)25-15)12(4)21-18(24)19(6-2,7-3)11-20;/h8-10,12,15H,5-7,11,20H2,1-4H3,(H,21,24)(H,22,23);1H. The van der Waals surface area contributed by atoms with Crippen LogP contribution in [-0.2, 0) is 9.59 Å². The molecule has 0 spiro atoms. The van der Waals surface area contributed by atoms with E-state index in [1.165, 1.54) is 0 Å². The molecule has 2 unspecified atom stereocenters. The minimum absolute atomic E-state index is 0. The summed E-state index contributed by atoms with van der Waals surface area (Å²) in [7, 11) is 0. The number of hydrogen-bond acceptors (Lipinski definition) is 4. The highest BCUT2D eigenvalue weighted by molar-refractivity contribution is 5.97. The van der Waals surface area contributed by atoms with Crippen molar-refractivity contribution in [1.82, 2.24) is 5.32 Å². The van der Waals surface area contributed by atoms with E-state index in [9.17, 15) is 9.59 Å². The SMILES string of the molecule is CCC1Oc2cc(C(C)NC(=O)C(CC)(CC)CN)ccc2NC1=O.Cl. The van der Waals surface area contributed by atoms with Crippen molar-refractivity contribution in [3.8, 4) is 5.75 Å². The van der Waals surface area contributed by atoms with E-state index >= 15 is 0 Å². The Morgan fingerprint density at radius 1 is 1.35 bits per heavy atom. The van der Waals surface area contributed by atoms with Gasteiger partial charge < -0.3 is 21.1 Å². The maximum absolute atomic E-state index is 12.7. The number of hydrogen-bond donors (Lipinski definition) is 3. The molecule has 2 amide bonds. The van der Waals surface area contributed by atoms with Crippen molar-refractivity contribution in [2.24, 2.45) is 11.1 Å². The van der Waals surface area contributed by atoms with Crippen molar-refractivity contribution in [3.05, 3.63) is 23.8 Å². The van der Waals surface area contributed by atoms with Crippen LogP contribution in [0.2, 0.25) is 0 Å². The van der Waals surface area contributed by atoms with Crippen LogP contribution in [0.3, 0.4) is 0 Å². The maximum Gasteiger partial charge on any atom is 0.265 e. The van der Waals surface area contributed by atoms with Crippen LogP contribution in [-0.4, -0.2) is 24.5 Å². The number of carbonyl (C=O) groups excluding carboxylic acids is 2. The molecule has 6 nitrogen and oxygen atoms in total. The Kier molecular flexibility index (Phi) is 7.90. The molecule has 0 bridgehead atoms. The molecule has 2 rings (SSSR count). The molecule has 1 heterocycles. The van der Waals surface area contributed by atoms with Crippen molar-refractivity contribution in [2.75, 3.05) is 11.9 Å². The highest BCUT2D eigenvalue weighted by Gasteiger charge is 2.34. The lowest BCUT2D eigenvalue weighted by Crippen LogP contribution is -2.46. The number of carbonyl (C=O) groups is 2. The van der Waals surface area contributed by atoms with Gasteiger partial charge in [0.15, 0.2) is 6.10 Å². The van der Waals surface area contributed by atoms with Crippen molar-refractivity contribution in [2.45, 2.75) is 59.1 Å². The van der Waals surface area contributed by atoms with Crippen molar-refractivity contribution >= 4 is 29.9 Å². The second-order valence-corrected chi connectivity index (χ2v) is 6.65. The van der Waals surface area contributed by atoms with E-state index in [4.69, 9.17) is 10.5 Å².